The molecule has 5 aliphatic rings. The predicted molar refractivity (Wildman–Crippen MR) is 237 cm³/mol. The number of aromatic amines is 2. The third kappa shape index (κ3) is 7.95. The summed E-state index contributed by atoms with van der Waals surface area (Å²) >= 11 is 0. The Morgan fingerprint density at radius 3 is 1.46 bits per heavy atom. The molecule has 5 fully saturated rings. The smallest absolute Gasteiger partial charge is 0.405 e. The molecular formula is C48H57N9O6. The summed E-state index contributed by atoms with van der Waals surface area (Å²) in [6, 6.07) is 20.0. The Bertz CT molecular complexity index is 2420. The normalized spacial score (nSPS) is 23.7. The second-order valence-electron chi connectivity index (χ2n) is 19.5. The third-order valence-corrected chi connectivity index (χ3v) is 14.2. The molecule has 5 heterocycles. The minimum Gasteiger partial charge on any atom is -0.465 e. The molecule has 5 aromatic rings. The van der Waals surface area contributed by atoms with Gasteiger partial charge in [0, 0.05) is 18.8 Å². The van der Waals surface area contributed by atoms with E-state index in [0.29, 0.717) is 13.1 Å². The number of hydrogen-bond donors (Lipinski definition) is 6. The third-order valence-electron chi connectivity index (χ3n) is 14.2. The van der Waals surface area contributed by atoms with E-state index in [2.05, 4.69) is 107 Å². The van der Waals surface area contributed by atoms with Crippen molar-refractivity contribution in [2.45, 2.75) is 127 Å². The molecule has 10 rings (SSSR count). The lowest BCUT2D eigenvalue weighted by molar-refractivity contribution is -0.135. The van der Waals surface area contributed by atoms with E-state index in [1.165, 1.54) is 5.56 Å². The molecule has 15 nitrogen and oxygen atoms in total. The molecular weight excluding hydrogens is 799 g/mol. The van der Waals surface area contributed by atoms with E-state index in [4.69, 9.17) is 9.97 Å². The van der Waals surface area contributed by atoms with Gasteiger partial charge in [0.1, 0.15) is 23.7 Å². The number of amides is 4. The Labute approximate surface area is 366 Å². The maximum Gasteiger partial charge on any atom is 0.405 e. The van der Waals surface area contributed by atoms with Crippen molar-refractivity contribution in [3.05, 3.63) is 89.0 Å². The summed E-state index contributed by atoms with van der Waals surface area (Å²) in [5.41, 5.74) is 8.20. The van der Waals surface area contributed by atoms with Crippen molar-refractivity contribution in [2.24, 2.45) is 11.8 Å². The topological polar surface area (TPSA) is 200 Å². The highest BCUT2D eigenvalue weighted by molar-refractivity contribution is 5.88. The number of carbonyl (C=O) groups is 4. The molecule has 6 atom stereocenters. The fourth-order valence-corrected chi connectivity index (χ4v) is 10.7. The first-order valence-electron chi connectivity index (χ1n) is 22.8. The van der Waals surface area contributed by atoms with E-state index >= 15 is 0 Å². The number of anilines is 1. The van der Waals surface area contributed by atoms with Gasteiger partial charge in [-0.05, 0) is 135 Å². The number of fused-ring (bicyclic) bond motifs is 2. The average Bonchev–Trinajstić information content (AvgIpc) is 3.90. The lowest BCUT2D eigenvalue weighted by Gasteiger charge is -2.34. The zero-order valence-electron chi connectivity index (χ0n) is 36.1. The van der Waals surface area contributed by atoms with Gasteiger partial charge < -0.3 is 45.5 Å². The Hall–Kier alpha value is -6.12. The quantitative estimate of drug-likeness (QED) is 0.0757. The number of carbonyl (C=O) groups excluding carboxylic acids is 2. The van der Waals surface area contributed by atoms with Gasteiger partial charge in [0.25, 0.3) is 0 Å². The first-order chi connectivity index (χ1) is 30.3. The standard InChI is InChI=1S/C48H57N9O6/c1-48(2,3)30-14-16-31(17-15-30)57-36(28-12-18-32-34(24-28)51-42(49-32)38-6-4-22-55(38)44(58)40(26-8-9-26)53-46(60)61)20-21-37(57)29-13-19-33-35(25-29)52-43(50-33)39-7-5-23-56(39)45(59)41(27-10-11-27)54-47(62)63/h12-19,24-27,36-41,53-54H,4-11,20-23H2,1-3H3,(H,49,51)(H,50,52)(H,60,61)(H,62,63)/t36-,37-,38+,39+,40+,41+/m1/s1. The Morgan fingerprint density at radius 1 is 0.619 bits per heavy atom. The first-order valence-corrected chi connectivity index (χ1v) is 22.8. The molecule has 3 saturated heterocycles. The van der Waals surface area contributed by atoms with Crippen LogP contribution in [-0.2, 0) is 15.0 Å². The van der Waals surface area contributed by atoms with Gasteiger partial charge in [-0.3, -0.25) is 9.59 Å². The van der Waals surface area contributed by atoms with Gasteiger partial charge in [-0.25, -0.2) is 19.6 Å². The van der Waals surface area contributed by atoms with Crippen LogP contribution < -0.4 is 15.5 Å². The van der Waals surface area contributed by atoms with Crippen molar-refractivity contribution in [3.63, 3.8) is 0 Å². The van der Waals surface area contributed by atoms with Crippen LogP contribution in [-0.4, -0.2) is 89.1 Å². The van der Waals surface area contributed by atoms with E-state index in [1.807, 2.05) is 9.80 Å². The molecule has 3 aromatic carbocycles. The molecule has 6 N–H and O–H groups in total. The monoisotopic (exact) mass is 855 g/mol. The van der Waals surface area contributed by atoms with Gasteiger partial charge >= 0.3 is 12.2 Å². The maximum atomic E-state index is 13.7. The lowest BCUT2D eigenvalue weighted by atomic mass is 9.87. The van der Waals surface area contributed by atoms with Crippen LogP contribution in [0.2, 0.25) is 0 Å². The zero-order chi connectivity index (χ0) is 43.7. The van der Waals surface area contributed by atoms with Gasteiger partial charge in [-0.15, -0.1) is 0 Å². The molecule has 2 saturated carbocycles. The summed E-state index contributed by atoms with van der Waals surface area (Å²) in [6.07, 6.45) is 6.05. The van der Waals surface area contributed by atoms with Gasteiger partial charge in [0.05, 0.1) is 46.2 Å². The number of benzene rings is 3. The lowest BCUT2D eigenvalue weighted by Crippen LogP contribution is -2.49. The van der Waals surface area contributed by atoms with E-state index in [9.17, 15) is 29.4 Å². The SMILES string of the molecule is CC(C)(C)c1ccc(N2[C@@H](c3ccc4nc([C@@H]5CCCN5C(=O)[C@@H](NC(=O)O)C5CC5)[nH]c4c3)CC[C@@H]2c2ccc3nc([C@@H]4CCCN4C(=O)[C@@H](NC(=O)O)C4CC4)[nH]c3c2)cc1. The number of likely N-dealkylation sites (tertiary alicyclic amines) is 2. The van der Waals surface area contributed by atoms with Crippen molar-refractivity contribution in [1.82, 2.24) is 40.4 Å². The molecule has 63 heavy (non-hydrogen) atoms. The van der Waals surface area contributed by atoms with Crippen LogP contribution in [0.3, 0.4) is 0 Å². The number of carboxylic acid groups (broad SMARTS) is 2. The van der Waals surface area contributed by atoms with Crippen molar-refractivity contribution in [2.75, 3.05) is 18.0 Å². The van der Waals surface area contributed by atoms with E-state index < -0.39 is 24.3 Å². The summed E-state index contributed by atoms with van der Waals surface area (Å²) in [5, 5.41) is 23.9. The molecule has 15 heteroatoms. The van der Waals surface area contributed by atoms with Crippen LogP contribution in [0.15, 0.2) is 60.7 Å². The first kappa shape index (κ1) is 40.9. The number of aromatic nitrogens is 4. The highest BCUT2D eigenvalue weighted by atomic mass is 16.4. The van der Waals surface area contributed by atoms with Crippen LogP contribution in [0, 0.1) is 11.8 Å². The fourth-order valence-electron chi connectivity index (χ4n) is 10.7. The number of rotatable bonds is 11. The molecule has 0 unspecified atom stereocenters. The molecule has 2 aliphatic carbocycles. The van der Waals surface area contributed by atoms with Crippen LogP contribution in [0.5, 0.6) is 0 Å². The van der Waals surface area contributed by atoms with Crippen LogP contribution in [0.25, 0.3) is 22.1 Å². The maximum absolute atomic E-state index is 13.7. The highest BCUT2D eigenvalue weighted by Gasteiger charge is 2.45. The molecule has 2 aromatic heterocycles. The van der Waals surface area contributed by atoms with Crippen LogP contribution in [0.4, 0.5) is 15.3 Å². The Morgan fingerprint density at radius 2 is 1.06 bits per heavy atom. The van der Waals surface area contributed by atoms with E-state index in [0.717, 1.165) is 115 Å². The molecule has 4 amide bonds. The average molecular weight is 856 g/mol. The molecule has 3 aliphatic heterocycles. The number of H-pyrrole nitrogens is 2. The second kappa shape index (κ2) is 15.9. The minimum absolute atomic E-state index is 0.00520. The van der Waals surface area contributed by atoms with Crippen LogP contribution >= 0.6 is 0 Å². The van der Waals surface area contributed by atoms with Crippen molar-refractivity contribution in [3.8, 4) is 0 Å². The highest BCUT2D eigenvalue weighted by Crippen LogP contribution is 2.48. The summed E-state index contributed by atoms with van der Waals surface area (Å²) in [5.74, 6) is 1.22. The number of nitrogens with one attached hydrogen (secondary N) is 4. The van der Waals surface area contributed by atoms with Gasteiger partial charge in [0.15, 0.2) is 0 Å². The van der Waals surface area contributed by atoms with E-state index in [1.54, 1.807) is 0 Å². The number of nitrogens with zero attached hydrogens (tertiary/aromatic N) is 5. The molecule has 0 spiro atoms. The number of hydrogen-bond acceptors (Lipinski definition) is 7. The second-order valence-corrected chi connectivity index (χ2v) is 19.5. The molecule has 0 radical (unpaired) electrons. The van der Waals surface area contributed by atoms with E-state index in [-0.39, 0.29) is 53.2 Å². The van der Waals surface area contributed by atoms with Crippen molar-refractivity contribution in [1.29, 1.82) is 0 Å². The van der Waals surface area contributed by atoms with Crippen LogP contribution in [0.1, 0.15) is 137 Å². The van der Waals surface area contributed by atoms with Crippen molar-refractivity contribution >= 4 is 51.8 Å². The Balaban J connectivity index is 0.939. The summed E-state index contributed by atoms with van der Waals surface area (Å²) < 4.78 is 0. The summed E-state index contributed by atoms with van der Waals surface area (Å²) in [6.45, 7) is 7.82. The summed E-state index contributed by atoms with van der Waals surface area (Å²) in [7, 11) is 0. The predicted octanol–water partition coefficient (Wildman–Crippen LogP) is 8.24. The van der Waals surface area contributed by atoms with Gasteiger partial charge in [0.2, 0.25) is 11.8 Å². The fraction of sp³-hybridized carbons (Fsp3) is 0.500. The minimum atomic E-state index is -1.17. The molecule has 330 valence electrons. The van der Waals surface area contributed by atoms with Crippen molar-refractivity contribution < 1.29 is 29.4 Å². The Kier molecular flexibility index (Phi) is 10.3. The largest absolute Gasteiger partial charge is 0.465 e. The van der Waals surface area contributed by atoms with Gasteiger partial charge in [-0.2, -0.15) is 0 Å². The molecule has 0 bridgehead atoms. The summed E-state index contributed by atoms with van der Waals surface area (Å²) in [4.78, 5) is 74.0. The van der Waals surface area contributed by atoms with Gasteiger partial charge in [-0.1, -0.05) is 45.0 Å². The zero-order valence-corrected chi connectivity index (χ0v) is 36.1. The number of imidazole rings is 2.